The molecular weight excluding hydrogens is 356 g/mol. The number of esters is 1. The molecule has 0 saturated heterocycles. The molecule has 0 amide bonds. The van der Waals surface area contributed by atoms with Gasteiger partial charge < -0.3 is 14.6 Å². The molecule has 0 radical (unpaired) electrons. The summed E-state index contributed by atoms with van der Waals surface area (Å²) in [5.41, 5.74) is 0.745. The van der Waals surface area contributed by atoms with Gasteiger partial charge in [-0.15, -0.1) is 0 Å². The van der Waals surface area contributed by atoms with Crippen LogP contribution >= 0.6 is 0 Å². The lowest BCUT2D eigenvalue weighted by Crippen LogP contribution is -2.29. The van der Waals surface area contributed by atoms with E-state index in [-0.39, 0.29) is 18.0 Å². The Labute approximate surface area is 167 Å². The quantitative estimate of drug-likeness (QED) is 0.243. The van der Waals surface area contributed by atoms with E-state index in [9.17, 15) is 9.59 Å². The van der Waals surface area contributed by atoms with Crippen molar-refractivity contribution in [2.24, 2.45) is 5.92 Å². The number of aliphatic carboxylic acids is 1. The minimum Gasteiger partial charge on any atom is -0.478 e. The van der Waals surface area contributed by atoms with E-state index >= 15 is 0 Å². The average molecular weight is 389 g/mol. The molecule has 1 fully saturated rings. The smallest absolute Gasteiger partial charge is 0.328 e. The number of ether oxygens (including phenoxy) is 2. The van der Waals surface area contributed by atoms with Crippen molar-refractivity contribution < 1.29 is 24.2 Å². The fraction of sp³-hybridized carbons (Fsp3) is 0.565. The zero-order chi connectivity index (χ0) is 20.2. The van der Waals surface area contributed by atoms with Crippen LogP contribution in [0.15, 0.2) is 30.3 Å². The first kappa shape index (κ1) is 22.2. The largest absolute Gasteiger partial charge is 0.478 e. The summed E-state index contributed by atoms with van der Waals surface area (Å²) in [4.78, 5) is 22.9. The van der Waals surface area contributed by atoms with E-state index in [0.29, 0.717) is 5.75 Å². The molecule has 154 valence electrons. The third-order valence-electron chi connectivity index (χ3n) is 5.13. The first-order chi connectivity index (χ1) is 13.6. The molecule has 1 saturated carbocycles. The maximum atomic E-state index is 12.4. The predicted octanol–water partition coefficient (Wildman–Crippen LogP) is 5.24. The molecule has 2 rings (SSSR count). The number of hydrogen-bond acceptors (Lipinski definition) is 4. The molecule has 0 aliphatic heterocycles. The van der Waals surface area contributed by atoms with Crippen molar-refractivity contribution in [1.82, 2.24) is 0 Å². The summed E-state index contributed by atoms with van der Waals surface area (Å²) in [7, 11) is 0. The van der Waals surface area contributed by atoms with Crippen molar-refractivity contribution in [2.45, 2.75) is 70.8 Å². The third kappa shape index (κ3) is 8.26. The second-order valence-electron chi connectivity index (χ2n) is 7.42. The maximum Gasteiger partial charge on any atom is 0.328 e. The second kappa shape index (κ2) is 12.3. The molecule has 28 heavy (non-hydrogen) atoms. The molecule has 0 unspecified atom stereocenters. The Balaban J connectivity index is 1.67. The predicted molar refractivity (Wildman–Crippen MR) is 109 cm³/mol. The van der Waals surface area contributed by atoms with E-state index in [4.69, 9.17) is 14.6 Å². The van der Waals surface area contributed by atoms with E-state index in [0.717, 1.165) is 50.4 Å². The van der Waals surface area contributed by atoms with Gasteiger partial charge in [0, 0.05) is 12.7 Å². The standard InChI is InChI=1S/C23H32O5/c1-2-3-4-5-6-17-27-20-14-10-19(11-15-20)23(26)28-21-12-7-18(8-13-21)9-16-22(24)25/h7-9,12-13,16,19-20H,2-6,10-11,14-15,17H2,1H3,(H,24,25)/b16-9+. The maximum absolute atomic E-state index is 12.4. The zero-order valence-electron chi connectivity index (χ0n) is 16.8. The van der Waals surface area contributed by atoms with Gasteiger partial charge in [0.15, 0.2) is 0 Å². The summed E-state index contributed by atoms with van der Waals surface area (Å²) in [5.74, 6) is -0.766. The summed E-state index contributed by atoms with van der Waals surface area (Å²) in [6.07, 6.45) is 12.5. The van der Waals surface area contributed by atoms with Crippen molar-refractivity contribution in [3.63, 3.8) is 0 Å². The summed E-state index contributed by atoms with van der Waals surface area (Å²) < 4.78 is 11.4. The molecule has 1 aliphatic carbocycles. The monoisotopic (exact) mass is 388 g/mol. The van der Waals surface area contributed by atoms with Gasteiger partial charge in [0.1, 0.15) is 5.75 Å². The number of rotatable bonds is 11. The minimum atomic E-state index is -0.994. The van der Waals surface area contributed by atoms with Crippen LogP contribution < -0.4 is 4.74 Å². The highest BCUT2D eigenvalue weighted by atomic mass is 16.5. The second-order valence-corrected chi connectivity index (χ2v) is 7.42. The van der Waals surface area contributed by atoms with Crippen LogP contribution in [0.2, 0.25) is 0 Å². The fourth-order valence-electron chi connectivity index (χ4n) is 3.43. The van der Waals surface area contributed by atoms with Crippen LogP contribution in [0.3, 0.4) is 0 Å². The van der Waals surface area contributed by atoms with Gasteiger partial charge in [0.25, 0.3) is 0 Å². The summed E-state index contributed by atoms with van der Waals surface area (Å²) in [5, 5.41) is 8.64. The van der Waals surface area contributed by atoms with Crippen molar-refractivity contribution in [1.29, 1.82) is 0 Å². The molecule has 5 heteroatoms. The number of carboxylic acids is 1. The van der Waals surface area contributed by atoms with Gasteiger partial charge >= 0.3 is 11.9 Å². The first-order valence-corrected chi connectivity index (χ1v) is 10.4. The van der Waals surface area contributed by atoms with Crippen LogP contribution in [0, 0.1) is 5.92 Å². The highest BCUT2D eigenvalue weighted by Crippen LogP contribution is 2.28. The molecular formula is C23H32O5. The highest BCUT2D eigenvalue weighted by molar-refractivity contribution is 5.85. The van der Waals surface area contributed by atoms with Gasteiger partial charge in [-0.2, -0.15) is 0 Å². The van der Waals surface area contributed by atoms with Crippen LogP contribution in [0.25, 0.3) is 6.08 Å². The van der Waals surface area contributed by atoms with Gasteiger partial charge in [-0.05, 0) is 55.9 Å². The van der Waals surface area contributed by atoms with Gasteiger partial charge in [0.2, 0.25) is 0 Å². The van der Waals surface area contributed by atoms with E-state index in [2.05, 4.69) is 6.92 Å². The van der Waals surface area contributed by atoms with Gasteiger partial charge in [-0.25, -0.2) is 4.79 Å². The minimum absolute atomic E-state index is 0.0732. The molecule has 1 N–H and O–H groups in total. The average Bonchev–Trinajstić information content (AvgIpc) is 2.70. The van der Waals surface area contributed by atoms with Crippen molar-refractivity contribution in [3.05, 3.63) is 35.9 Å². The van der Waals surface area contributed by atoms with E-state index in [1.54, 1.807) is 24.3 Å². The SMILES string of the molecule is CCCCCCCOC1CCC(C(=O)Oc2ccc(/C=C/C(=O)O)cc2)CC1. The molecule has 1 aromatic carbocycles. The van der Waals surface area contributed by atoms with Crippen LogP contribution in [0.4, 0.5) is 0 Å². The summed E-state index contributed by atoms with van der Waals surface area (Å²) in [6, 6.07) is 6.83. The van der Waals surface area contributed by atoms with E-state index in [1.807, 2.05) is 0 Å². The lowest BCUT2D eigenvalue weighted by molar-refractivity contribution is -0.141. The van der Waals surface area contributed by atoms with Crippen LogP contribution in [0.5, 0.6) is 5.75 Å². The van der Waals surface area contributed by atoms with Crippen LogP contribution in [-0.2, 0) is 14.3 Å². The van der Waals surface area contributed by atoms with Crippen molar-refractivity contribution in [2.75, 3.05) is 6.61 Å². The molecule has 0 aromatic heterocycles. The lowest BCUT2D eigenvalue weighted by Gasteiger charge is -2.27. The number of carbonyl (C=O) groups excluding carboxylic acids is 1. The number of benzene rings is 1. The zero-order valence-corrected chi connectivity index (χ0v) is 16.8. The topological polar surface area (TPSA) is 72.8 Å². The Kier molecular flexibility index (Phi) is 9.77. The number of hydrogen-bond donors (Lipinski definition) is 1. The first-order valence-electron chi connectivity index (χ1n) is 10.4. The van der Waals surface area contributed by atoms with E-state index < -0.39 is 5.97 Å². The molecule has 0 heterocycles. The van der Waals surface area contributed by atoms with Gasteiger partial charge in [0.05, 0.1) is 12.0 Å². The Morgan fingerprint density at radius 1 is 1.04 bits per heavy atom. The van der Waals surface area contributed by atoms with Gasteiger partial charge in [-0.1, -0.05) is 44.7 Å². The molecule has 1 aromatic rings. The highest BCUT2D eigenvalue weighted by Gasteiger charge is 2.28. The molecule has 1 aliphatic rings. The third-order valence-corrected chi connectivity index (χ3v) is 5.13. The van der Waals surface area contributed by atoms with Crippen molar-refractivity contribution >= 4 is 18.0 Å². The molecule has 5 nitrogen and oxygen atoms in total. The van der Waals surface area contributed by atoms with E-state index in [1.165, 1.54) is 31.8 Å². The normalized spacial score (nSPS) is 19.6. The Morgan fingerprint density at radius 2 is 1.71 bits per heavy atom. The van der Waals surface area contributed by atoms with Gasteiger partial charge in [-0.3, -0.25) is 4.79 Å². The fourth-order valence-corrected chi connectivity index (χ4v) is 3.43. The Bertz CT molecular complexity index is 627. The number of carboxylic acid groups (broad SMARTS) is 1. The lowest BCUT2D eigenvalue weighted by atomic mass is 9.87. The molecule has 0 atom stereocenters. The van der Waals surface area contributed by atoms with Crippen molar-refractivity contribution in [3.8, 4) is 5.75 Å². The Morgan fingerprint density at radius 3 is 2.36 bits per heavy atom. The van der Waals surface area contributed by atoms with Crippen LogP contribution in [-0.4, -0.2) is 29.8 Å². The van der Waals surface area contributed by atoms with Crippen LogP contribution in [0.1, 0.15) is 70.3 Å². The molecule has 0 bridgehead atoms. The summed E-state index contributed by atoms with van der Waals surface area (Å²) in [6.45, 7) is 3.04. The number of unbranched alkanes of at least 4 members (excludes halogenated alkanes) is 4. The summed E-state index contributed by atoms with van der Waals surface area (Å²) >= 11 is 0. The Hall–Kier alpha value is -2.14. The molecule has 0 spiro atoms. The number of carbonyl (C=O) groups is 2.